The van der Waals surface area contributed by atoms with E-state index in [2.05, 4.69) is 30.3 Å². The first-order chi connectivity index (χ1) is 7.77. The fourth-order valence-electron chi connectivity index (χ4n) is 2.44. The van der Waals surface area contributed by atoms with Gasteiger partial charge in [-0.25, -0.2) is 0 Å². The number of thioether (sulfide) groups is 1. The summed E-state index contributed by atoms with van der Waals surface area (Å²) in [5, 5.41) is 3.68. The highest BCUT2D eigenvalue weighted by molar-refractivity contribution is 7.98. The zero-order valence-electron chi connectivity index (χ0n) is 11.2. The Kier molecular flexibility index (Phi) is 7.50. The normalized spacial score (nSPS) is 25.3. The van der Waals surface area contributed by atoms with Gasteiger partial charge in [0.1, 0.15) is 0 Å². The fraction of sp³-hybridized carbons (Fsp3) is 1.00. The van der Waals surface area contributed by atoms with Gasteiger partial charge in [0.05, 0.1) is 0 Å². The van der Waals surface area contributed by atoms with Crippen LogP contribution >= 0.6 is 11.8 Å². The first-order valence-corrected chi connectivity index (χ1v) is 8.13. The van der Waals surface area contributed by atoms with Gasteiger partial charge in [0, 0.05) is 18.6 Å². The van der Waals surface area contributed by atoms with E-state index in [4.69, 9.17) is 0 Å². The van der Waals surface area contributed by atoms with Gasteiger partial charge in [-0.1, -0.05) is 13.3 Å². The Morgan fingerprint density at radius 3 is 3.00 bits per heavy atom. The predicted molar refractivity (Wildman–Crippen MR) is 75.3 cm³/mol. The molecule has 0 aromatic heterocycles. The summed E-state index contributed by atoms with van der Waals surface area (Å²) in [4.78, 5) is 2.69. The summed E-state index contributed by atoms with van der Waals surface area (Å²) in [5.41, 5.74) is 0. The van der Waals surface area contributed by atoms with Gasteiger partial charge in [-0.15, -0.1) is 0 Å². The number of hydrogen-bond donors (Lipinski definition) is 1. The van der Waals surface area contributed by atoms with E-state index in [0.29, 0.717) is 0 Å². The quantitative estimate of drug-likeness (QED) is 0.773. The van der Waals surface area contributed by atoms with Crippen molar-refractivity contribution in [1.29, 1.82) is 0 Å². The summed E-state index contributed by atoms with van der Waals surface area (Å²) in [6.07, 6.45) is 7.47. The van der Waals surface area contributed by atoms with Crippen LogP contribution in [0.1, 0.15) is 39.5 Å². The molecule has 0 aliphatic carbocycles. The third kappa shape index (κ3) is 5.07. The molecule has 3 heteroatoms. The molecule has 1 rings (SSSR count). The Morgan fingerprint density at radius 2 is 2.31 bits per heavy atom. The first-order valence-electron chi connectivity index (χ1n) is 6.74. The lowest BCUT2D eigenvalue weighted by atomic mass is 10.1. The van der Waals surface area contributed by atoms with Crippen molar-refractivity contribution in [3.05, 3.63) is 0 Å². The van der Waals surface area contributed by atoms with Crippen molar-refractivity contribution >= 4 is 11.8 Å². The molecule has 1 N–H and O–H groups in total. The van der Waals surface area contributed by atoms with Gasteiger partial charge in [-0.3, -0.25) is 4.90 Å². The van der Waals surface area contributed by atoms with Crippen LogP contribution in [0.4, 0.5) is 0 Å². The van der Waals surface area contributed by atoms with Crippen molar-refractivity contribution in [2.24, 2.45) is 0 Å². The highest BCUT2D eigenvalue weighted by Gasteiger charge is 2.20. The Hall–Kier alpha value is 0.270. The Morgan fingerprint density at radius 1 is 1.50 bits per heavy atom. The van der Waals surface area contributed by atoms with Crippen LogP contribution < -0.4 is 5.32 Å². The van der Waals surface area contributed by atoms with Crippen LogP contribution in [0.2, 0.25) is 0 Å². The van der Waals surface area contributed by atoms with E-state index in [1.54, 1.807) is 0 Å². The van der Waals surface area contributed by atoms with Gasteiger partial charge in [-0.05, 0) is 51.3 Å². The molecule has 0 aromatic carbocycles. The molecular formula is C13H28N2S. The smallest absolute Gasteiger partial charge is 0.0195 e. The highest BCUT2D eigenvalue weighted by atomic mass is 32.2. The Labute approximate surface area is 106 Å². The van der Waals surface area contributed by atoms with Crippen molar-refractivity contribution in [3.63, 3.8) is 0 Å². The van der Waals surface area contributed by atoms with E-state index in [9.17, 15) is 0 Å². The van der Waals surface area contributed by atoms with Crippen molar-refractivity contribution in [3.8, 4) is 0 Å². The molecule has 2 atom stereocenters. The summed E-state index contributed by atoms with van der Waals surface area (Å²) in [6, 6.07) is 1.48. The molecule has 1 aliphatic rings. The van der Waals surface area contributed by atoms with E-state index >= 15 is 0 Å². The van der Waals surface area contributed by atoms with Crippen LogP contribution in [0, 0.1) is 0 Å². The maximum atomic E-state index is 3.68. The van der Waals surface area contributed by atoms with Crippen LogP contribution in [-0.4, -0.2) is 48.6 Å². The van der Waals surface area contributed by atoms with E-state index < -0.39 is 0 Å². The number of hydrogen-bond acceptors (Lipinski definition) is 3. The zero-order chi connectivity index (χ0) is 11.8. The molecule has 2 unspecified atom stereocenters. The summed E-state index contributed by atoms with van der Waals surface area (Å²) < 4.78 is 0. The molecule has 0 aromatic rings. The standard InChI is InChI=1S/C13H28N2S/c1-4-6-13-11-15(9-5-8-14-13)12(2)7-10-16-3/h12-14H,4-11H2,1-3H3. The lowest BCUT2D eigenvalue weighted by Gasteiger charge is -2.30. The second-order valence-electron chi connectivity index (χ2n) is 4.92. The predicted octanol–water partition coefficient (Wildman–Crippen LogP) is 2.59. The van der Waals surface area contributed by atoms with Gasteiger partial charge >= 0.3 is 0 Å². The van der Waals surface area contributed by atoms with E-state index in [1.807, 2.05) is 11.8 Å². The van der Waals surface area contributed by atoms with Crippen LogP contribution in [0.25, 0.3) is 0 Å². The maximum Gasteiger partial charge on any atom is 0.0195 e. The minimum atomic E-state index is 0.726. The van der Waals surface area contributed by atoms with Crippen LogP contribution in [0.15, 0.2) is 0 Å². The third-order valence-corrected chi connectivity index (χ3v) is 4.15. The highest BCUT2D eigenvalue weighted by Crippen LogP contribution is 2.13. The van der Waals surface area contributed by atoms with Crippen LogP contribution in [0.5, 0.6) is 0 Å². The second kappa shape index (κ2) is 8.37. The van der Waals surface area contributed by atoms with Crippen LogP contribution in [-0.2, 0) is 0 Å². The van der Waals surface area contributed by atoms with Crippen molar-refractivity contribution < 1.29 is 0 Å². The number of nitrogens with one attached hydrogen (secondary N) is 1. The molecule has 1 fully saturated rings. The molecule has 16 heavy (non-hydrogen) atoms. The monoisotopic (exact) mass is 244 g/mol. The molecule has 0 radical (unpaired) electrons. The topological polar surface area (TPSA) is 15.3 Å². The minimum Gasteiger partial charge on any atom is -0.313 e. The zero-order valence-corrected chi connectivity index (χ0v) is 12.0. The number of rotatable bonds is 6. The van der Waals surface area contributed by atoms with Gasteiger partial charge in [0.15, 0.2) is 0 Å². The summed E-state index contributed by atoms with van der Waals surface area (Å²) in [6.45, 7) is 8.42. The lowest BCUT2D eigenvalue weighted by molar-refractivity contribution is 0.198. The molecule has 96 valence electrons. The molecule has 1 aliphatic heterocycles. The fourth-order valence-corrected chi connectivity index (χ4v) is 3.02. The Bertz CT molecular complexity index is 175. The van der Waals surface area contributed by atoms with Crippen molar-refractivity contribution in [1.82, 2.24) is 10.2 Å². The van der Waals surface area contributed by atoms with Crippen molar-refractivity contribution in [2.45, 2.75) is 51.6 Å². The lowest BCUT2D eigenvalue weighted by Crippen LogP contribution is -2.41. The summed E-state index contributed by atoms with van der Waals surface area (Å²) >= 11 is 1.97. The second-order valence-corrected chi connectivity index (χ2v) is 5.90. The first kappa shape index (κ1) is 14.3. The molecule has 0 saturated carbocycles. The van der Waals surface area contributed by atoms with E-state index in [1.165, 1.54) is 51.1 Å². The minimum absolute atomic E-state index is 0.726. The van der Waals surface area contributed by atoms with Gasteiger partial charge in [0.2, 0.25) is 0 Å². The maximum absolute atomic E-state index is 3.68. The summed E-state index contributed by atoms with van der Waals surface area (Å²) in [7, 11) is 0. The van der Waals surface area contributed by atoms with Gasteiger partial charge in [0.25, 0.3) is 0 Å². The van der Waals surface area contributed by atoms with Gasteiger partial charge < -0.3 is 5.32 Å². The molecular weight excluding hydrogens is 216 g/mol. The molecule has 1 heterocycles. The largest absolute Gasteiger partial charge is 0.313 e. The SMILES string of the molecule is CCCC1CN(C(C)CCSC)CCCN1. The van der Waals surface area contributed by atoms with Crippen molar-refractivity contribution in [2.75, 3.05) is 31.6 Å². The molecule has 0 bridgehead atoms. The summed E-state index contributed by atoms with van der Waals surface area (Å²) in [5.74, 6) is 1.30. The number of nitrogens with zero attached hydrogens (tertiary/aromatic N) is 1. The molecule has 0 amide bonds. The Balaban J connectivity index is 2.37. The molecule has 0 spiro atoms. The van der Waals surface area contributed by atoms with E-state index in [-0.39, 0.29) is 0 Å². The molecule has 2 nitrogen and oxygen atoms in total. The van der Waals surface area contributed by atoms with Crippen LogP contribution in [0.3, 0.4) is 0 Å². The average molecular weight is 244 g/mol. The van der Waals surface area contributed by atoms with E-state index in [0.717, 1.165) is 12.1 Å². The molecule has 1 saturated heterocycles. The van der Waals surface area contributed by atoms with Gasteiger partial charge in [-0.2, -0.15) is 11.8 Å². The third-order valence-electron chi connectivity index (χ3n) is 3.51. The average Bonchev–Trinajstić information content (AvgIpc) is 2.52.